The van der Waals surface area contributed by atoms with Crippen LogP contribution in [0.3, 0.4) is 0 Å². The van der Waals surface area contributed by atoms with Crippen LogP contribution >= 0.6 is 11.3 Å². The van der Waals surface area contributed by atoms with E-state index in [1.54, 1.807) is 30.6 Å². The van der Waals surface area contributed by atoms with E-state index in [2.05, 4.69) is 10.3 Å². The molecule has 8 heteroatoms. The molecule has 0 spiro atoms. The van der Waals surface area contributed by atoms with Crippen LogP contribution in [0.2, 0.25) is 0 Å². The lowest BCUT2D eigenvalue weighted by Crippen LogP contribution is -2.35. The van der Waals surface area contributed by atoms with Gasteiger partial charge in [0.1, 0.15) is 0 Å². The van der Waals surface area contributed by atoms with Crippen LogP contribution in [0, 0.1) is 13.8 Å². The minimum absolute atomic E-state index is 0.219. The molecule has 0 aliphatic heterocycles. The Morgan fingerprint density at radius 1 is 1.36 bits per heavy atom. The fraction of sp³-hybridized carbons (Fsp3) is 0.286. The number of rotatable bonds is 5. The summed E-state index contributed by atoms with van der Waals surface area (Å²) >= 11 is 1.28. The van der Waals surface area contributed by atoms with Gasteiger partial charge in [0.15, 0.2) is 5.13 Å². The van der Waals surface area contributed by atoms with E-state index in [4.69, 9.17) is 0 Å². The summed E-state index contributed by atoms with van der Waals surface area (Å²) in [6, 6.07) is 5.22. The van der Waals surface area contributed by atoms with E-state index in [1.807, 2.05) is 13.0 Å². The Bertz CT molecular complexity index is 771. The predicted octanol–water partition coefficient (Wildman–Crippen LogP) is 2.02. The molecule has 0 aliphatic rings. The van der Waals surface area contributed by atoms with E-state index < -0.39 is 15.9 Å². The SMILES string of the molecule is Cc1ccc(C)c(S(=O)(=O)N(C)CC(=O)Nc2nccs2)c1. The molecule has 0 aliphatic carbocycles. The zero-order valence-corrected chi connectivity index (χ0v) is 14.2. The summed E-state index contributed by atoms with van der Waals surface area (Å²) in [6.07, 6.45) is 1.57. The molecule has 1 N–H and O–H groups in total. The van der Waals surface area contributed by atoms with Crippen LogP contribution in [0.5, 0.6) is 0 Å². The summed E-state index contributed by atoms with van der Waals surface area (Å²) in [7, 11) is -2.32. The van der Waals surface area contributed by atoms with E-state index >= 15 is 0 Å². The molecule has 0 fully saturated rings. The molecule has 22 heavy (non-hydrogen) atoms. The first-order valence-corrected chi connectivity index (χ1v) is 8.85. The molecule has 0 unspecified atom stereocenters. The van der Waals surface area contributed by atoms with Crippen molar-refractivity contribution in [3.8, 4) is 0 Å². The fourth-order valence-electron chi connectivity index (χ4n) is 1.88. The first kappa shape index (κ1) is 16.6. The lowest BCUT2D eigenvalue weighted by molar-refractivity contribution is -0.116. The van der Waals surface area contributed by atoms with Crippen LogP contribution < -0.4 is 5.32 Å². The second-order valence-corrected chi connectivity index (χ2v) is 7.82. The van der Waals surface area contributed by atoms with Crippen LogP contribution in [-0.2, 0) is 14.8 Å². The fourth-order valence-corrected chi connectivity index (χ4v) is 3.86. The molecule has 2 rings (SSSR count). The van der Waals surface area contributed by atoms with Crippen LogP contribution in [0.1, 0.15) is 11.1 Å². The van der Waals surface area contributed by atoms with Gasteiger partial charge in [-0.3, -0.25) is 4.79 Å². The van der Waals surface area contributed by atoms with Gasteiger partial charge in [-0.1, -0.05) is 12.1 Å². The Kier molecular flexibility index (Phi) is 4.94. The number of aryl methyl sites for hydroxylation is 2. The molecule has 1 amide bonds. The van der Waals surface area contributed by atoms with Crippen molar-refractivity contribution in [3.05, 3.63) is 40.9 Å². The highest BCUT2D eigenvalue weighted by Gasteiger charge is 2.24. The van der Waals surface area contributed by atoms with Gasteiger partial charge in [0.05, 0.1) is 11.4 Å². The molecule has 0 saturated carbocycles. The number of benzene rings is 1. The lowest BCUT2D eigenvalue weighted by Gasteiger charge is -2.18. The molecular weight excluding hydrogens is 322 g/mol. The number of nitrogens with one attached hydrogen (secondary N) is 1. The topological polar surface area (TPSA) is 79.4 Å². The maximum Gasteiger partial charge on any atom is 0.243 e. The van der Waals surface area contributed by atoms with Crippen molar-refractivity contribution in [2.45, 2.75) is 18.7 Å². The molecule has 1 aromatic heterocycles. The third-order valence-electron chi connectivity index (χ3n) is 3.08. The van der Waals surface area contributed by atoms with E-state index in [1.165, 1.54) is 18.4 Å². The minimum atomic E-state index is -3.71. The summed E-state index contributed by atoms with van der Waals surface area (Å²) in [6.45, 7) is 3.29. The van der Waals surface area contributed by atoms with E-state index in [-0.39, 0.29) is 11.4 Å². The highest BCUT2D eigenvalue weighted by atomic mass is 32.2. The lowest BCUT2D eigenvalue weighted by atomic mass is 10.2. The van der Waals surface area contributed by atoms with E-state index in [9.17, 15) is 13.2 Å². The number of nitrogens with zero attached hydrogens (tertiary/aromatic N) is 2. The number of anilines is 1. The smallest absolute Gasteiger partial charge is 0.243 e. The summed E-state index contributed by atoms with van der Waals surface area (Å²) in [5, 5.41) is 4.74. The Morgan fingerprint density at radius 3 is 2.73 bits per heavy atom. The average Bonchev–Trinajstić information content (AvgIpc) is 2.93. The number of thiazole rings is 1. The Morgan fingerprint density at radius 2 is 2.09 bits per heavy atom. The number of carbonyl (C=O) groups excluding carboxylic acids is 1. The molecule has 0 bridgehead atoms. The molecule has 118 valence electrons. The molecule has 1 heterocycles. The summed E-state index contributed by atoms with van der Waals surface area (Å²) in [5.74, 6) is -0.425. The standard InChI is InChI=1S/C14H17N3O3S2/c1-10-4-5-11(2)12(8-10)22(19,20)17(3)9-13(18)16-14-15-6-7-21-14/h4-8H,9H2,1-3H3,(H,15,16,18). The number of likely N-dealkylation sites (N-methyl/N-ethyl adjacent to an activating group) is 1. The summed E-state index contributed by atoms with van der Waals surface area (Å²) in [5.41, 5.74) is 1.50. The molecule has 1 aromatic carbocycles. The van der Waals surface area contributed by atoms with Gasteiger partial charge in [-0.15, -0.1) is 11.3 Å². The van der Waals surface area contributed by atoms with Crippen molar-refractivity contribution in [1.82, 2.24) is 9.29 Å². The minimum Gasteiger partial charge on any atom is -0.301 e. The van der Waals surface area contributed by atoms with Crippen molar-refractivity contribution in [1.29, 1.82) is 0 Å². The predicted molar refractivity (Wildman–Crippen MR) is 86.5 cm³/mol. The molecule has 2 aromatic rings. The van der Waals surface area contributed by atoms with Crippen molar-refractivity contribution in [2.24, 2.45) is 0 Å². The van der Waals surface area contributed by atoms with Gasteiger partial charge < -0.3 is 5.32 Å². The number of sulfonamides is 1. The summed E-state index contributed by atoms with van der Waals surface area (Å²) in [4.78, 5) is 16.0. The van der Waals surface area contributed by atoms with Crippen molar-refractivity contribution < 1.29 is 13.2 Å². The largest absolute Gasteiger partial charge is 0.301 e. The van der Waals surface area contributed by atoms with Gasteiger partial charge in [-0.25, -0.2) is 13.4 Å². The number of hydrogen-bond acceptors (Lipinski definition) is 5. The normalized spacial score (nSPS) is 11.6. The third-order valence-corrected chi connectivity index (χ3v) is 5.71. The van der Waals surface area contributed by atoms with Crippen molar-refractivity contribution in [2.75, 3.05) is 18.9 Å². The average molecular weight is 339 g/mol. The van der Waals surface area contributed by atoms with Gasteiger partial charge in [-0.05, 0) is 31.0 Å². The molecule has 0 saturated heterocycles. The number of carbonyl (C=O) groups is 1. The first-order valence-electron chi connectivity index (χ1n) is 6.53. The zero-order chi connectivity index (χ0) is 16.3. The molecule has 6 nitrogen and oxygen atoms in total. The highest BCUT2D eigenvalue weighted by molar-refractivity contribution is 7.89. The van der Waals surface area contributed by atoms with E-state index in [0.717, 1.165) is 9.87 Å². The highest BCUT2D eigenvalue weighted by Crippen LogP contribution is 2.20. The van der Waals surface area contributed by atoms with Crippen molar-refractivity contribution in [3.63, 3.8) is 0 Å². The first-order chi connectivity index (χ1) is 10.3. The second kappa shape index (κ2) is 6.55. The molecular formula is C14H17N3O3S2. The van der Waals surface area contributed by atoms with Gasteiger partial charge >= 0.3 is 0 Å². The Hall–Kier alpha value is -1.77. The van der Waals surface area contributed by atoms with Gasteiger partial charge in [-0.2, -0.15) is 4.31 Å². The van der Waals surface area contributed by atoms with Crippen LogP contribution in [0.25, 0.3) is 0 Å². The van der Waals surface area contributed by atoms with Gasteiger partial charge in [0.25, 0.3) is 0 Å². The van der Waals surface area contributed by atoms with Gasteiger partial charge in [0.2, 0.25) is 15.9 Å². The van der Waals surface area contributed by atoms with Crippen LogP contribution in [-0.4, -0.2) is 37.2 Å². The van der Waals surface area contributed by atoms with Gasteiger partial charge in [0, 0.05) is 18.6 Å². The van der Waals surface area contributed by atoms with Crippen LogP contribution in [0.4, 0.5) is 5.13 Å². The molecule has 0 atom stereocenters. The maximum absolute atomic E-state index is 12.6. The monoisotopic (exact) mass is 339 g/mol. The zero-order valence-electron chi connectivity index (χ0n) is 12.5. The molecule has 0 radical (unpaired) electrons. The van der Waals surface area contributed by atoms with Crippen molar-refractivity contribution >= 4 is 32.4 Å². The number of amides is 1. The number of hydrogen-bond donors (Lipinski definition) is 1. The summed E-state index contributed by atoms with van der Waals surface area (Å²) < 4.78 is 26.2. The second-order valence-electron chi connectivity index (χ2n) is 4.92. The Labute approximate surface area is 133 Å². The van der Waals surface area contributed by atoms with Crippen LogP contribution in [0.15, 0.2) is 34.7 Å². The third kappa shape index (κ3) is 3.70. The quantitative estimate of drug-likeness (QED) is 0.904. The number of aromatic nitrogens is 1. The maximum atomic E-state index is 12.6. The van der Waals surface area contributed by atoms with E-state index in [0.29, 0.717) is 10.7 Å². The Balaban J connectivity index is 2.15.